The summed E-state index contributed by atoms with van der Waals surface area (Å²) < 4.78 is 0. The SMILES string of the molecule is Cc1sc(C2CC3CCC(C2)N3C)nc1N. The molecule has 0 aromatic carbocycles. The number of fused-ring (bicyclic) bond motifs is 2. The van der Waals surface area contributed by atoms with Gasteiger partial charge >= 0.3 is 0 Å². The molecular formula is C12H19N3S. The van der Waals surface area contributed by atoms with E-state index in [1.54, 1.807) is 11.3 Å². The molecule has 1 aromatic rings. The Labute approximate surface area is 101 Å². The molecule has 2 N–H and O–H groups in total. The summed E-state index contributed by atoms with van der Waals surface area (Å²) in [5.74, 6) is 1.40. The Balaban J connectivity index is 1.82. The second-order valence-electron chi connectivity index (χ2n) is 5.21. The van der Waals surface area contributed by atoms with Gasteiger partial charge in [-0.15, -0.1) is 11.3 Å². The minimum Gasteiger partial charge on any atom is -0.383 e. The molecule has 0 aliphatic carbocycles. The number of nitrogens with zero attached hydrogens (tertiary/aromatic N) is 2. The van der Waals surface area contributed by atoms with Crippen molar-refractivity contribution in [1.29, 1.82) is 0 Å². The molecule has 0 spiro atoms. The van der Waals surface area contributed by atoms with Gasteiger partial charge in [-0.3, -0.25) is 0 Å². The van der Waals surface area contributed by atoms with Crippen molar-refractivity contribution in [3.63, 3.8) is 0 Å². The molecule has 2 fully saturated rings. The molecule has 2 bridgehead atoms. The van der Waals surface area contributed by atoms with Gasteiger partial charge < -0.3 is 10.6 Å². The quantitative estimate of drug-likeness (QED) is 0.815. The van der Waals surface area contributed by atoms with Crippen LogP contribution >= 0.6 is 11.3 Å². The van der Waals surface area contributed by atoms with Crippen molar-refractivity contribution < 1.29 is 0 Å². The lowest BCUT2D eigenvalue weighted by Crippen LogP contribution is -2.39. The van der Waals surface area contributed by atoms with Crippen LogP contribution < -0.4 is 5.73 Å². The molecule has 0 amide bonds. The average Bonchev–Trinajstić information content (AvgIpc) is 2.67. The summed E-state index contributed by atoms with van der Waals surface area (Å²) in [6, 6.07) is 1.57. The highest BCUT2D eigenvalue weighted by molar-refractivity contribution is 7.12. The number of piperidine rings is 1. The van der Waals surface area contributed by atoms with E-state index >= 15 is 0 Å². The lowest BCUT2D eigenvalue weighted by molar-refractivity contribution is 0.161. The summed E-state index contributed by atoms with van der Waals surface area (Å²) in [4.78, 5) is 8.28. The Morgan fingerprint density at radius 1 is 1.31 bits per heavy atom. The first-order valence-electron chi connectivity index (χ1n) is 6.10. The van der Waals surface area contributed by atoms with E-state index in [1.165, 1.54) is 35.6 Å². The molecule has 0 radical (unpaired) electrons. The normalized spacial score (nSPS) is 34.5. The van der Waals surface area contributed by atoms with Crippen LogP contribution in [0.15, 0.2) is 0 Å². The first-order valence-corrected chi connectivity index (χ1v) is 6.91. The Morgan fingerprint density at radius 2 is 1.94 bits per heavy atom. The van der Waals surface area contributed by atoms with Crippen LogP contribution in [0.4, 0.5) is 5.82 Å². The molecule has 0 saturated carbocycles. The van der Waals surface area contributed by atoms with Crippen molar-refractivity contribution in [2.24, 2.45) is 0 Å². The van der Waals surface area contributed by atoms with E-state index in [1.807, 2.05) is 0 Å². The van der Waals surface area contributed by atoms with Crippen molar-refractivity contribution in [2.75, 3.05) is 12.8 Å². The summed E-state index contributed by atoms with van der Waals surface area (Å²) in [6.07, 6.45) is 5.30. The highest BCUT2D eigenvalue weighted by atomic mass is 32.1. The second-order valence-corrected chi connectivity index (χ2v) is 6.45. The summed E-state index contributed by atoms with van der Waals surface area (Å²) in [7, 11) is 2.28. The van der Waals surface area contributed by atoms with Gasteiger partial charge in [0.05, 0.1) is 5.01 Å². The van der Waals surface area contributed by atoms with Gasteiger partial charge in [0, 0.05) is 22.9 Å². The molecule has 3 heterocycles. The number of hydrogen-bond acceptors (Lipinski definition) is 4. The molecular weight excluding hydrogens is 218 g/mol. The predicted octanol–water partition coefficient (Wildman–Crippen LogP) is 2.37. The fraction of sp³-hybridized carbons (Fsp3) is 0.750. The fourth-order valence-corrected chi connectivity index (χ4v) is 4.18. The van der Waals surface area contributed by atoms with Crippen molar-refractivity contribution in [3.05, 3.63) is 9.88 Å². The van der Waals surface area contributed by atoms with Crippen LogP contribution in [0.2, 0.25) is 0 Å². The van der Waals surface area contributed by atoms with Crippen LogP contribution in [0.5, 0.6) is 0 Å². The summed E-state index contributed by atoms with van der Waals surface area (Å²) >= 11 is 1.80. The van der Waals surface area contributed by atoms with Crippen molar-refractivity contribution in [3.8, 4) is 0 Å². The van der Waals surface area contributed by atoms with E-state index in [-0.39, 0.29) is 0 Å². The van der Waals surface area contributed by atoms with Crippen LogP contribution in [0, 0.1) is 6.92 Å². The topological polar surface area (TPSA) is 42.2 Å². The van der Waals surface area contributed by atoms with Gasteiger partial charge in [0.25, 0.3) is 0 Å². The monoisotopic (exact) mass is 237 g/mol. The van der Waals surface area contributed by atoms with Crippen LogP contribution in [-0.2, 0) is 0 Å². The van der Waals surface area contributed by atoms with E-state index in [9.17, 15) is 0 Å². The molecule has 2 aliphatic heterocycles. The lowest BCUT2D eigenvalue weighted by Gasteiger charge is -2.35. The van der Waals surface area contributed by atoms with Crippen molar-refractivity contribution in [1.82, 2.24) is 9.88 Å². The molecule has 1 aromatic heterocycles. The zero-order valence-corrected chi connectivity index (χ0v) is 10.8. The predicted molar refractivity (Wildman–Crippen MR) is 67.8 cm³/mol. The summed E-state index contributed by atoms with van der Waals surface area (Å²) in [5, 5.41) is 1.28. The zero-order valence-electron chi connectivity index (χ0n) is 9.94. The molecule has 2 atom stereocenters. The van der Waals surface area contributed by atoms with E-state index in [0.29, 0.717) is 5.92 Å². The van der Waals surface area contributed by atoms with Gasteiger partial charge in [0.2, 0.25) is 0 Å². The van der Waals surface area contributed by atoms with Crippen LogP contribution in [0.3, 0.4) is 0 Å². The Kier molecular flexibility index (Phi) is 2.44. The summed E-state index contributed by atoms with van der Waals surface area (Å²) in [5.41, 5.74) is 5.85. The van der Waals surface area contributed by atoms with Gasteiger partial charge in [-0.05, 0) is 39.7 Å². The van der Waals surface area contributed by atoms with Gasteiger partial charge in [0.1, 0.15) is 5.82 Å². The highest BCUT2D eigenvalue weighted by Crippen LogP contribution is 2.43. The standard InChI is InChI=1S/C12H19N3S/c1-7-11(13)14-12(16-7)8-5-9-3-4-10(6-8)15(9)2/h8-10H,3-6,13H2,1-2H3. The van der Waals surface area contributed by atoms with Crippen LogP contribution in [0.25, 0.3) is 0 Å². The molecule has 2 unspecified atom stereocenters. The maximum absolute atomic E-state index is 5.85. The third-order valence-corrected chi connectivity index (χ3v) is 5.45. The Hall–Kier alpha value is -0.610. The average molecular weight is 237 g/mol. The van der Waals surface area contributed by atoms with Gasteiger partial charge in [-0.1, -0.05) is 0 Å². The number of aryl methyl sites for hydroxylation is 1. The zero-order chi connectivity index (χ0) is 11.3. The first kappa shape index (κ1) is 10.5. The van der Waals surface area contributed by atoms with Crippen molar-refractivity contribution in [2.45, 2.75) is 50.6 Å². The maximum atomic E-state index is 5.85. The fourth-order valence-electron chi connectivity index (χ4n) is 3.22. The van der Waals surface area contributed by atoms with Crippen LogP contribution in [-0.4, -0.2) is 29.0 Å². The van der Waals surface area contributed by atoms with Gasteiger partial charge in [0.15, 0.2) is 0 Å². The number of aromatic nitrogens is 1. The molecule has 4 heteroatoms. The molecule has 2 saturated heterocycles. The van der Waals surface area contributed by atoms with E-state index < -0.39 is 0 Å². The number of thiazole rings is 1. The van der Waals surface area contributed by atoms with Crippen LogP contribution in [0.1, 0.15) is 41.5 Å². The number of rotatable bonds is 1. The van der Waals surface area contributed by atoms with Gasteiger partial charge in [-0.2, -0.15) is 0 Å². The second kappa shape index (κ2) is 3.70. The maximum Gasteiger partial charge on any atom is 0.137 e. The third-order valence-electron chi connectivity index (χ3n) is 4.30. The first-order chi connectivity index (χ1) is 7.65. The number of anilines is 1. The van der Waals surface area contributed by atoms with E-state index in [4.69, 9.17) is 5.73 Å². The molecule has 2 aliphatic rings. The minimum atomic E-state index is 0.662. The summed E-state index contributed by atoms with van der Waals surface area (Å²) in [6.45, 7) is 2.07. The Bertz CT molecular complexity index is 367. The van der Waals surface area contributed by atoms with Gasteiger partial charge in [-0.25, -0.2) is 4.98 Å². The third kappa shape index (κ3) is 1.55. The number of hydrogen-bond donors (Lipinski definition) is 1. The molecule has 88 valence electrons. The number of nitrogen functional groups attached to an aromatic ring is 1. The largest absolute Gasteiger partial charge is 0.383 e. The molecule has 16 heavy (non-hydrogen) atoms. The van der Waals surface area contributed by atoms with E-state index in [2.05, 4.69) is 23.9 Å². The molecule has 3 nitrogen and oxygen atoms in total. The number of nitrogens with two attached hydrogens (primary N) is 1. The van der Waals surface area contributed by atoms with E-state index in [0.717, 1.165) is 17.9 Å². The smallest absolute Gasteiger partial charge is 0.137 e. The molecule has 3 rings (SSSR count). The minimum absolute atomic E-state index is 0.662. The lowest BCUT2D eigenvalue weighted by atomic mass is 9.92. The van der Waals surface area contributed by atoms with Crippen molar-refractivity contribution >= 4 is 17.2 Å². The Morgan fingerprint density at radius 3 is 2.44 bits per heavy atom. The highest BCUT2D eigenvalue weighted by Gasteiger charge is 2.39.